The highest BCUT2D eigenvalue weighted by Crippen LogP contribution is 2.32. The van der Waals surface area contributed by atoms with Crippen LogP contribution in [-0.2, 0) is 19.8 Å². The van der Waals surface area contributed by atoms with E-state index in [0.717, 1.165) is 16.3 Å². The molecule has 0 atom stereocenters. The Labute approximate surface area is 162 Å². The van der Waals surface area contributed by atoms with E-state index < -0.39 is 12.0 Å². The molecule has 0 spiro atoms. The van der Waals surface area contributed by atoms with E-state index in [2.05, 4.69) is 20.2 Å². The molecule has 0 saturated carbocycles. The number of carbonyl (C=O) groups excluding carboxylic acids is 1. The van der Waals surface area contributed by atoms with Crippen LogP contribution in [0.3, 0.4) is 0 Å². The molecular weight excluding hydrogens is 395 g/mol. The Bertz CT molecular complexity index is 984. The van der Waals surface area contributed by atoms with Crippen LogP contribution in [0.1, 0.15) is 23.2 Å². The van der Waals surface area contributed by atoms with Crippen molar-refractivity contribution in [1.29, 1.82) is 0 Å². The Morgan fingerprint density at radius 3 is 2.61 bits per heavy atom. The monoisotopic (exact) mass is 411 g/mol. The third-order valence-electron chi connectivity index (χ3n) is 3.97. The largest absolute Gasteiger partial charge is 0.451 e. The van der Waals surface area contributed by atoms with Gasteiger partial charge in [0, 0.05) is 26.8 Å². The number of aromatic nitrogens is 6. The third kappa shape index (κ3) is 3.72. The summed E-state index contributed by atoms with van der Waals surface area (Å²) in [6, 6.07) is 3.44. The Kier molecular flexibility index (Phi) is 5.40. The fraction of sp³-hybridized carbons (Fsp3) is 0.312. The quantitative estimate of drug-likeness (QED) is 0.642. The van der Waals surface area contributed by atoms with Gasteiger partial charge in [-0.05, 0) is 30.8 Å². The van der Waals surface area contributed by atoms with Gasteiger partial charge in [0.25, 0.3) is 5.91 Å². The first kappa shape index (κ1) is 19.9. The second-order valence-electron chi connectivity index (χ2n) is 5.71. The van der Waals surface area contributed by atoms with E-state index in [0.29, 0.717) is 10.8 Å². The van der Waals surface area contributed by atoms with Gasteiger partial charge in [-0.15, -0.1) is 10.2 Å². The van der Waals surface area contributed by atoms with Crippen LogP contribution in [-0.4, -0.2) is 42.3 Å². The minimum Gasteiger partial charge on any atom is -0.318 e. The predicted molar refractivity (Wildman–Crippen MR) is 95.0 cm³/mol. The van der Waals surface area contributed by atoms with E-state index in [4.69, 9.17) is 0 Å². The number of halogens is 3. The van der Waals surface area contributed by atoms with Crippen molar-refractivity contribution in [2.45, 2.75) is 30.0 Å². The van der Waals surface area contributed by atoms with Gasteiger partial charge >= 0.3 is 6.18 Å². The molecule has 8 nitrogen and oxygen atoms in total. The highest BCUT2D eigenvalue weighted by molar-refractivity contribution is 7.99. The number of hydrogen-bond donors (Lipinski definition) is 0. The van der Waals surface area contributed by atoms with E-state index >= 15 is 0 Å². The topological polar surface area (TPSA) is 81.7 Å². The molecule has 0 aromatic carbocycles. The SMILES string of the molecule is CCn1c(Sc2ncc(C(=O)N(C)c3cccnc3)n2C)nnc1C(F)(F)F. The first-order valence-corrected chi connectivity index (χ1v) is 8.93. The minimum atomic E-state index is -4.60. The molecule has 0 aliphatic carbocycles. The van der Waals surface area contributed by atoms with Crippen LogP contribution in [0.4, 0.5) is 18.9 Å². The van der Waals surface area contributed by atoms with Crippen molar-refractivity contribution >= 4 is 23.4 Å². The Morgan fingerprint density at radius 1 is 1.25 bits per heavy atom. The zero-order valence-corrected chi connectivity index (χ0v) is 16.0. The Balaban J connectivity index is 1.86. The summed E-state index contributed by atoms with van der Waals surface area (Å²) in [5.74, 6) is -1.40. The van der Waals surface area contributed by atoms with E-state index in [9.17, 15) is 18.0 Å². The summed E-state index contributed by atoms with van der Waals surface area (Å²) in [7, 11) is 3.21. The molecular formula is C16H16F3N7OS. The average molecular weight is 411 g/mol. The summed E-state index contributed by atoms with van der Waals surface area (Å²) in [6.45, 7) is 1.61. The molecule has 0 aliphatic heterocycles. The van der Waals surface area contributed by atoms with Crippen molar-refractivity contribution in [3.05, 3.63) is 42.2 Å². The molecule has 0 fully saturated rings. The van der Waals surface area contributed by atoms with Crippen molar-refractivity contribution in [2.75, 3.05) is 11.9 Å². The number of amides is 1. The van der Waals surface area contributed by atoms with Crippen LogP contribution in [0.15, 0.2) is 41.0 Å². The summed E-state index contributed by atoms with van der Waals surface area (Å²) in [4.78, 5) is 22.3. The molecule has 0 unspecified atom stereocenters. The Hall–Kier alpha value is -2.89. The highest BCUT2D eigenvalue weighted by Gasteiger charge is 2.38. The van der Waals surface area contributed by atoms with Gasteiger partial charge in [-0.3, -0.25) is 14.3 Å². The first-order valence-electron chi connectivity index (χ1n) is 8.12. The number of imidazole rings is 1. The fourth-order valence-corrected chi connectivity index (χ4v) is 3.38. The summed E-state index contributed by atoms with van der Waals surface area (Å²) < 4.78 is 41.5. The van der Waals surface area contributed by atoms with Gasteiger partial charge < -0.3 is 9.47 Å². The van der Waals surface area contributed by atoms with Gasteiger partial charge in [-0.25, -0.2) is 4.98 Å². The zero-order chi connectivity index (χ0) is 20.5. The number of carbonyl (C=O) groups is 1. The molecule has 0 bridgehead atoms. The maximum atomic E-state index is 13.0. The summed E-state index contributed by atoms with van der Waals surface area (Å²) >= 11 is 0.906. The van der Waals surface area contributed by atoms with Crippen LogP contribution in [0, 0.1) is 0 Å². The lowest BCUT2D eigenvalue weighted by Gasteiger charge is -2.17. The van der Waals surface area contributed by atoms with E-state index in [-0.39, 0.29) is 23.3 Å². The molecule has 3 rings (SSSR count). The van der Waals surface area contributed by atoms with E-state index in [1.807, 2.05) is 0 Å². The van der Waals surface area contributed by atoms with Crippen LogP contribution < -0.4 is 4.90 Å². The van der Waals surface area contributed by atoms with Crippen LogP contribution in [0.2, 0.25) is 0 Å². The second-order valence-corrected chi connectivity index (χ2v) is 6.65. The van der Waals surface area contributed by atoms with Crippen molar-refractivity contribution in [3.63, 3.8) is 0 Å². The highest BCUT2D eigenvalue weighted by atomic mass is 32.2. The number of hydrogen-bond acceptors (Lipinski definition) is 6. The molecule has 3 aromatic rings. The van der Waals surface area contributed by atoms with Crippen LogP contribution >= 0.6 is 11.8 Å². The van der Waals surface area contributed by atoms with Gasteiger partial charge in [0.1, 0.15) is 5.69 Å². The van der Waals surface area contributed by atoms with Crippen LogP contribution in [0.5, 0.6) is 0 Å². The van der Waals surface area contributed by atoms with E-state index in [1.165, 1.54) is 15.7 Å². The normalized spacial score (nSPS) is 11.6. The molecule has 3 aromatic heterocycles. The lowest BCUT2D eigenvalue weighted by atomic mass is 10.3. The smallest absolute Gasteiger partial charge is 0.318 e. The van der Waals surface area contributed by atoms with Crippen molar-refractivity contribution in [3.8, 4) is 0 Å². The van der Waals surface area contributed by atoms with Crippen molar-refractivity contribution in [1.82, 2.24) is 29.3 Å². The summed E-state index contributed by atoms with van der Waals surface area (Å²) in [6.07, 6.45) is -0.0854. The van der Waals surface area contributed by atoms with Crippen molar-refractivity contribution in [2.24, 2.45) is 7.05 Å². The molecule has 148 valence electrons. The predicted octanol–water partition coefficient (Wildman–Crippen LogP) is 2.87. The van der Waals surface area contributed by atoms with E-state index in [1.54, 1.807) is 45.5 Å². The van der Waals surface area contributed by atoms with Crippen LogP contribution in [0.25, 0.3) is 0 Å². The van der Waals surface area contributed by atoms with Gasteiger partial charge in [0.2, 0.25) is 5.82 Å². The second kappa shape index (κ2) is 7.62. The number of rotatable bonds is 5. The number of anilines is 1. The maximum absolute atomic E-state index is 13.0. The number of pyridine rings is 1. The van der Waals surface area contributed by atoms with Crippen molar-refractivity contribution < 1.29 is 18.0 Å². The molecule has 1 amide bonds. The maximum Gasteiger partial charge on any atom is 0.451 e. The lowest BCUT2D eigenvalue weighted by Crippen LogP contribution is -2.28. The van der Waals surface area contributed by atoms with Gasteiger partial charge in [-0.1, -0.05) is 0 Å². The summed E-state index contributed by atoms with van der Waals surface area (Å²) in [5.41, 5.74) is 0.871. The molecule has 28 heavy (non-hydrogen) atoms. The standard InChI is InChI=1S/C16H16F3N7OS/c1-4-26-13(16(17,18)19)22-23-15(26)28-14-21-9-11(25(14)3)12(27)24(2)10-6-5-7-20-8-10/h5-9H,4H2,1-3H3. The van der Waals surface area contributed by atoms with Gasteiger partial charge in [-0.2, -0.15) is 13.2 Å². The molecule has 0 aliphatic rings. The summed E-state index contributed by atoms with van der Waals surface area (Å²) in [5, 5.41) is 7.23. The zero-order valence-electron chi connectivity index (χ0n) is 15.2. The first-order chi connectivity index (χ1) is 13.2. The molecule has 0 radical (unpaired) electrons. The molecule has 3 heterocycles. The minimum absolute atomic E-state index is 0.0446. The molecule has 0 saturated heterocycles. The van der Waals surface area contributed by atoms with Gasteiger partial charge in [0.05, 0.1) is 18.1 Å². The number of alkyl halides is 3. The lowest BCUT2D eigenvalue weighted by molar-refractivity contribution is -0.147. The fourth-order valence-electron chi connectivity index (χ4n) is 2.47. The molecule has 12 heteroatoms. The number of nitrogens with zero attached hydrogens (tertiary/aromatic N) is 7. The average Bonchev–Trinajstić information content (AvgIpc) is 3.25. The Morgan fingerprint density at radius 2 is 2.00 bits per heavy atom. The third-order valence-corrected chi connectivity index (χ3v) is 5.02. The molecule has 0 N–H and O–H groups in total. The van der Waals surface area contributed by atoms with Gasteiger partial charge in [0.15, 0.2) is 10.3 Å².